The van der Waals surface area contributed by atoms with Crippen LogP contribution in [-0.4, -0.2) is 52.5 Å². The number of benzene rings is 1. The van der Waals surface area contributed by atoms with Crippen molar-refractivity contribution >= 4 is 29.2 Å². The molecule has 1 fully saturated rings. The Morgan fingerprint density at radius 3 is 2.58 bits per heavy atom. The van der Waals surface area contributed by atoms with Gasteiger partial charge in [0.15, 0.2) is 5.96 Å². The molecule has 1 saturated heterocycles. The molecule has 0 aliphatic carbocycles. The molecule has 146 valence electrons. The van der Waals surface area contributed by atoms with Crippen molar-refractivity contribution in [3.63, 3.8) is 0 Å². The molecule has 0 amide bonds. The zero-order chi connectivity index (χ0) is 18.6. The highest BCUT2D eigenvalue weighted by Crippen LogP contribution is 2.24. The van der Waals surface area contributed by atoms with Gasteiger partial charge in [-0.25, -0.2) is 0 Å². The molecule has 1 aliphatic rings. The van der Waals surface area contributed by atoms with E-state index in [0.29, 0.717) is 22.5 Å². The monoisotopic (exact) mass is 401 g/mol. The Morgan fingerprint density at radius 1 is 1.19 bits per heavy atom. The second-order valence-electron chi connectivity index (χ2n) is 6.36. The minimum absolute atomic E-state index is 0.655. The summed E-state index contributed by atoms with van der Waals surface area (Å²) in [5.74, 6) is 1.43. The van der Waals surface area contributed by atoms with Crippen LogP contribution in [-0.2, 0) is 15.9 Å². The Hall–Kier alpha value is -1.01. The number of halogens is 2. The summed E-state index contributed by atoms with van der Waals surface area (Å²) >= 11 is 12.4. The summed E-state index contributed by atoms with van der Waals surface area (Å²) in [5, 5.41) is 7.97. The quantitative estimate of drug-likeness (QED) is 0.377. The molecular formula is C19H29Cl2N3O2. The second-order valence-corrected chi connectivity index (χ2v) is 7.17. The maximum Gasteiger partial charge on any atom is 0.190 e. The normalized spacial score (nSPS) is 15.9. The molecule has 0 bridgehead atoms. The summed E-state index contributed by atoms with van der Waals surface area (Å²) in [6, 6.07) is 5.57. The number of nitrogens with one attached hydrogen (secondary N) is 2. The standard InChI is InChI=1S/C19H29Cl2N3O2/c1-22-19(24-10-6-16-17(20)4-2-5-18(16)21)23-9-3-11-26-14-15-7-12-25-13-8-15/h2,4-5,15H,3,6-14H2,1H3,(H2,22,23,24). The average molecular weight is 402 g/mol. The summed E-state index contributed by atoms with van der Waals surface area (Å²) in [6.07, 6.45) is 3.92. The van der Waals surface area contributed by atoms with Gasteiger partial charge in [-0.3, -0.25) is 4.99 Å². The topological polar surface area (TPSA) is 54.9 Å². The van der Waals surface area contributed by atoms with E-state index in [0.717, 1.165) is 70.2 Å². The molecule has 5 nitrogen and oxygen atoms in total. The van der Waals surface area contributed by atoms with Crippen molar-refractivity contribution < 1.29 is 9.47 Å². The van der Waals surface area contributed by atoms with Crippen LogP contribution in [0.3, 0.4) is 0 Å². The summed E-state index contributed by atoms with van der Waals surface area (Å²) < 4.78 is 11.1. The van der Waals surface area contributed by atoms with E-state index in [9.17, 15) is 0 Å². The highest BCUT2D eigenvalue weighted by atomic mass is 35.5. The van der Waals surface area contributed by atoms with Gasteiger partial charge in [0.2, 0.25) is 0 Å². The van der Waals surface area contributed by atoms with Crippen molar-refractivity contribution in [1.82, 2.24) is 10.6 Å². The molecular weight excluding hydrogens is 373 g/mol. The van der Waals surface area contributed by atoms with Crippen LogP contribution in [0.25, 0.3) is 0 Å². The number of aliphatic imine (C=N–C) groups is 1. The van der Waals surface area contributed by atoms with Crippen molar-refractivity contribution in [2.45, 2.75) is 25.7 Å². The minimum Gasteiger partial charge on any atom is -0.381 e. The third-order valence-corrected chi connectivity index (χ3v) is 5.11. The van der Waals surface area contributed by atoms with E-state index in [2.05, 4.69) is 15.6 Å². The SMILES string of the molecule is CN=C(NCCCOCC1CCOCC1)NCCc1c(Cl)cccc1Cl. The molecule has 0 spiro atoms. The Balaban J connectivity index is 1.55. The van der Waals surface area contributed by atoms with Crippen LogP contribution in [0.2, 0.25) is 10.0 Å². The molecule has 0 atom stereocenters. The predicted octanol–water partition coefficient (Wildman–Crippen LogP) is 3.53. The van der Waals surface area contributed by atoms with E-state index in [-0.39, 0.29) is 0 Å². The van der Waals surface area contributed by atoms with E-state index >= 15 is 0 Å². The van der Waals surface area contributed by atoms with E-state index in [4.69, 9.17) is 32.7 Å². The molecule has 1 aromatic carbocycles. The van der Waals surface area contributed by atoms with Crippen LogP contribution < -0.4 is 10.6 Å². The number of hydrogen-bond donors (Lipinski definition) is 2. The van der Waals surface area contributed by atoms with Crippen molar-refractivity contribution in [3.05, 3.63) is 33.8 Å². The minimum atomic E-state index is 0.655. The van der Waals surface area contributed by atoms with E-state index < -0.39 is 0 Å². The van der Waals surface area contributed by atoms with Gasteiger partial charge in [-0.05, 0) is 49.3 Å². The third-order valence-electron chi connectivity index (χ3n) is 4.41. The fourth-order valence-corrected chi connectivity index (χ4v) is 3.43. The Morgan fingerprint density at radius 2 is 1.88 bits per heavy atom. The van der Waals surface area contributed by atoms with Crippen molar-refractivity contribution in [3.8, 4) is 0 Å². The first-order chi connectivity index (χ1) is 12.7. The number of nitrogens with zero attached hydrogens (tertiary/aromatic N) is 1. The maximum absolute atomic E-state index is 6.19. The Labute approximate surface area is 166 Å². The predicted molar refractivity (Wildman–Crippen MR) is 109 cm³/mol. The first-order valence-electron chi connectivity index (χ1n) is 9.23. The number of rotatable bonds is 9. The molecule has 2 rings (SSSR count). The Bertz CT molecular complexity index is 543. The molecule has 1 heterocycles. The van der Waals surface area contributed by atoms with Crippen LogP contribution in [0.1, 0.15) is 24.8 Å². The summed E-state index contributed by atoms with van der Waals surface area (Å²) in [5.41, 5.74) is 0.959. The summed E-state index contributed by atoms with van der Waals surface area (Å²) in [7, 11) is 1.76. The van der Waals surface area contributed by atoms with Crippen molar-refractivity contribution in [1.29, 1.82) is 0 Å². The average Bonchev–Trinajstić information content (AvgIpc) is 2.66. The van der Waals surface area contributed by atoms with E-state index in [1.807, 2.05) is 18.2 Å². The van der Waals surface area contributed by atoms with Crippen molar-refractivity contribution in [2.24, 2.45) is 10.9 Å². The molecule has 26 heavy (non-hydrogen) atoms. The van der Waals surface area contributed by atoms with Gasteiger partial charge in [-0.15, -0.1) is 0 Å². The lowest BCUT2D eigenvalue weighted by molar-refractivity contribution is 0.0203. The molecule has 1 aliphatic heterocycles. The van der Waals surface area contributed by atoms with Crippen LogP contribution >= 0.6 is 23.2 Å². The van der Waals surface area contributed by atoms with E-state index in [1.54, 1.807) is 7.05 Å². The lowest BCUT2D eigenvalue weighted by Gasteiger charge is -2.21. The van der Waals surface area contributed by atoms with Crippen LogP contribution in [0.5, 0.6) is 0 Å². The van der Waals surface area contributed by atoms with Gasteiger partial charge in [-0.2, -0.15) is 0 Å². The maximum atomic E-state index is 6.19. The largest absolute Gasteiger partial charge is 0.381 e. The molecule has 1 aromatic rings. The van der Waals surface area contributed by atoms with Gasteiger partial charge in [0.05, 0.1) is 0 Å². The third kappa shape index (κ3) is 7.70. The zero-order valence-electron chi connectivity index (χ0n) is 15.4. The van der Waals surface area contributed by atoms with Gasteiger partial charge in [0, 0.05) is 56.6 Å². The zero-order valence-corrected chi connectivity index (χ0v) is 16.9. The fourth-order valence-electron chi connectivity index (χ4n) is 2.84. The van der Waals surface area contributed by atoms with Gasteiger partial charge in [0.25, 0.3) is 0 Å². The summed E-state index contributed by atoms with van der Waals surface area (Å²) in [4.78, 5) is 4.23. The van der Waals surface area contributed by atoms with Crippen LogP contribution in [0.15, 0.2) is 23.2 Å². The lowest BCUT2D eigenvalue weighted by Crippen LogP contribution is -2.39. The molecule has 0 unspecified atom stereocenters. The second kappa shape index (κ2) is 12.4. The number of hydrogen-bond acceptors (Lipinski definition) is 3. The highest BCUT2D eigenvalue weighted by Gasteiger charge is 2.13. The first-order valence-corrected chi connectivity index (χ1v) is 9.99. The fraction of sp³-hybridized carbons (Fsp3) is 0.632. The highest BCUT2D eigenvalue weighted by molar-refractivity contribution is 6.35. The number of guanidine groups is 1. The van der Waals surface area contributed by atoms with Gasteiger partial charge in [0.1, 0.15) is 0 Å². The first kappa shape index (κ1) is 21.3. The molecule has 2 N–H and O–H groups in total. The van der Waals surface area contributed by atoms with Crippen LogP contribution in [0.4, 0.5) is 0 Å². The number of ether oxygens (including phenoxy) is 2. The molecule has 0 aromatic heterocycles. The molecule has 0 radical (unpaired) electrons. The van der Waals surface area contributed by atoms with Gasteiger partial charge >= 0.3 is 0 Å². The summed E-state index contributed by atoms with van der Waals surface area (Å²) in [6.45, 7) is 4.88. The lowest BCUT2D eigenvalue weighted by atomic mass is 10.0. The van der Waals surface area contributed by atoms with Gasteiger partial charge in [-0.1, -0.05) is 29.3 Å². The van der Waals surface area contributed by atoms with Gasteiger partial charge < -0.3 is 20.1 Å². The Kier molecular flexibility index (Phi) is 10.1. The van der Waals surface area contributed by atoms with E-state index in [1.165, 1.54) is 0 Å². The van der Waals surface area contributed by atoms with Crippen molar-refractivity contribution in [2.75, 3.05) is 46.6 Å². The molecule has 7 heteroatoms. The smallest absolute Gasteiger partial charge is 0.190 e. The van der Waals surface area contributed by atoms with Crippen LogP contribution in [0, 0.1) is 5.92 Å². The molecule has 0 saturated carbocycles.